The first-order chi connectivity index (χ1) is 10.6. The molecule has 0 radical (unpaired) electrons. The van der Waals surface area contributed by atoms with Gasteiger partial charge in [-0.3, -0.25) is 4.79 Å². The average molecular weight is 318 g/mol. The molecule has 2 aromatic rings. The van der Waals surface area contributed by atoms with Crippen molar-refractivity contribution in [3.63, 3.8) is 0 Å². The highest BCUT2D eigenvalue weighted by Crippen LogP contribution is 2.20. The van der Waals surface area contributed by atoms with Crippen LogP contribution in [0.2, 0.25) is 5.02 Å². The number of hydrogen-bond acceptors (Lipinski definition) is 2. The van der Waals surface area contributed by atoms with Crippen molar-refractivity contribution < 1.29 is 9.53 Å². The number of carbonyl (C=O) groups excluding carboxylic acids is 1. The van der Waals surface area contributed by atoms with Gasteiger partial charge in [0.2, 0.25) is 0 Å². The fourth-order valence-corrected chi connectivity index (χ4v) is 2.21. The number of rotatable bonds is 6. The summed E-state index contributed by atoms with van der Waals surface area (Å²) in [5, 5.41) is 3.40. The molecule has 0 aliphatic carbocycles. The number of anilines is 1. The summed E-state index contributed by atoms with van der Waals surface area (Å²) in [5.41, 5.74) is 2.04. The van der Waals surface area contributed by atoms with Crippen molar-refractivity contribution in [3.8, 4) is 5.75 Å². The molecule has 0 saturated heterocycles. The zero-order valence-electron chi connectivity index (χ0n) is 12.8. The van der Waals surface area contributed by atoms with Crippen molar-refractivity contribution >= 4 is 23.2 Å². The third-order valence-electron chi connectivity index (χ3n) is 3.54. The maximum absolute atomic E-state index is 11.9. The molecule has 1 amide bonds. The van der Waals surface area contributed by atoms with Crippen molar-refractivity contribution in [2.75, 3.05) is 11.9 Å². The Morgan fingerprint density at radius 1 is 1.23 bits per heavy atom. The summed E-state index contributed by atoms with van der Waals surface area (Å²) in [5.74, 6) is 0.905. The number of benzene rings is 2. The summed E-state index contributed by atoms with van der Waals surface area (Å²) in [6.45, 7) is 4.30. The van der Waals surface area contributed by atoms with E-state index in [1.54, 1.807) is 24.3 Å². The first-order valence-electron chi connectivity index (χ1n) is 7.36. The van der Waals surface area contributed by atoms with E-state index < -0.39 is 0 Å². The largest absolute Gasteiger partial charge is 0.484 e. The molecule has 116 valence electrons. The normalized spacial score (nSPS) is 11.8. The highest BCUT2D eigenvalue weighted by atomic mass is 35.5. The number of hydrogen-bond donors (Lipinski definition) is 1. The topological polar surface area (TPSA) is 38.3 Å². The molecule has 0 fully saturated rings. The second-order valence-electron chi connectivity index (χ2n) is 5.23. The lowest BCUT2D eigenvalue weighted by atomic mass is 9.99. The molecule has 2 rings (SSSR count). The maximum atomic E-state index is 11.9. The fourth-order valence-electron chi connectivity index (χ4n) is 2.03. The smallest absolute Gasteiger partial charge is 0.262 e. The molecule has 1 atom stereocenters. The Morgan fingerprint density at radius 3 is 2.59 bits per heavy atom. The first kappa shape index (κ1) is 16.4. The molecule has 0 spiro atoms. The van der Waals surface area contributed by atoms with Gasteiger partial charge < -0.3 is 10.1 Å². The van der Waals surface area contributed by atoms with Gasteiger partial charge in [0, 0.05) is 10.7 Å². The summed E-state index contributed by atoms with van der Waals surface area (Å²) >= 11 is 5.86. The summed E-state index contributed by atoms with van der Waals surface area (Å²) in [6.07, 6.45) is 1.10. The van der Waals surface area contributed by atoms with Gasteiger partial charge in [-0.15, -0.1) is 0 Å². The van der Waals surface area contributed by atoms with Crippen LogP contribution < -0.4 is 10.1 Å². The van der Waals surface area contributed by atoms with E-state index in [0.29, 0.717) is 16.7 Å². The van der Waals surface area contributed by atoms with Gasteiger partial charge in [-0.1, -0.05) is 43.6 Å². The number of ether oxygens (including phenoxy) is 1. The Kier molecular flexibility index (Phi) is 5.84. The predicted octanol–water partition coefficient (Wildman–Crippen LogP) is 4.87. The molecule has 4 heteroatoms. The fraction of sp³-hybridized carbons (Fsp3) is 0.278. The third kappa shape index (κ3) is 4.78. The lowest BCUT2D eigenvalue weighted by molar-refractivity contribution is -0.118. The van der Waals surface area contributed by atoms with Crippen LogP contribution in [0.3, 0.4) is 0 Å². The molecule has 2 aromatic carbocycles. The lowest BCUT2D eigenvalue weighted by Crippen LogP contribution is -2.20. The van der Waals surface area contributed by atoms with E-state index in [-0.39, 0.29) is 12.5 Å². The van der Waals surface area contributed by atoms with Gasteiger partial charge in [0.15, 0.2) is 6.61 Å². The van der Waals surface area contributed by atoms with Crippen molar-refractivity contribution in [1.82, 2.24) is 0 Å². The van der Waals surface area contributed by atoms with Crippen LogP contribution in [0, 0.1) is 0 Å². The van der Waals surface area contributed by atoms with Crippen molar-refractivity contribution in [2.24, 2.45) is 0 Å². The molecule has 0 heterocycles. The predicted molar refractivity (Wildman–Crippen MR) is 90.7 cm³/mol. The van der Waals surface area contributed by atoms with E-state index in [0.717, 1.165) is 12.1 Å². The van der Waals surface area contributed by atoms with Crippen LogP contribution in [0.1, 0.15) is 31.7 Å². The SMILES string of the molecule is CC[C@H](C)c1ccc(NC(=O)COc2cccc(Cl)c2)cc1. The lowest BCUT2D eigenvalue weighted by Gasteiger charge is -2.11. The van der Waals surface area contributed by atoms with E-state index in [2.05, 4.69) is 19.2 Å². The standard InChI is InChI=1S/C18H20ClNO2/c1-3-13(2)14-7-9-16(10-8-14)20-18(21)12-22-17-6-4-5-15(19)11-17/h4-11,13H,3,12H2,1-2H3,(H,20,21)/t13-/m0/s1. The maximum Gasteiger partial charge on any atom is 0.262 e. The molecule has 0 unspecified atom stereocenters. The monoisotopic (exact) mass is 317 g/mol. The second kappa shape index (κ2) is 7.85. The van der Waals surface area contributed by atoms with Crippen LogP contribution in [0.15, 0.2) is 48.5 Å². The van der Waals surface area contributed by atoms with Crippen LogP contribution >= 0.6 is 11.6 Å². The van der Waals surface area contributed by atoms with E-state index in [9.17, 15) is 4.79 Å². The Morgan fingerprint density at radius 2 is 1.95 bits per heavy atom. The Bertz CT molecular complexity index is 625. The van der Waals surface area contributed by atoms with Crippen LogP contribution in [0.4, 0.5) is 5.69 Å². The number of nitrogens with one attached hydrogen (secondary N) is 1. The summed E-state index contributed by atoms with van der Waals surface area (Å²) in [4.78, 5) is 11.9. The number of amides is 1. The summed E-state index contributed by atoms with van der Waals surface area (Å²) in [6, 6.07) is 14.9. The zero-order valence-corrected chi connectivity index (χ0v) is 13.6. The average Bonchev–Trinajstić information content (AvgIpc) is 2.53. The first-order valence-corrected chi connectivity index (χ1v) is 7.74. The van der Waals surface area contributed by atoms with Gasteiger partial charge in [-0.05, 0) is 48.2 Å². The van der Waals surface area contributed by atoms with E-state index in [1.165, 1.54) is 5.56 Å². The van der Waals surface area contributed by atoms with Crippen molar-refractivity contribution in [2.45, 2.75) is 26.2 Å². The minimum atomic E-state index is -0.198. The Balaban J connectivity index is 1.86. The van der Waals surface area contributed by atoms with Gasteiger partial charge in [0.25, 0.3) is 5.91 Å². The van der Waals surface area contributed by atoms with E-state index >= 15 is 0 Å². The quantitative estimate of drug-likeness (QED) is 0.825. The summed E-state index contributed by atoms with van der Waals surface area (Å²) < 4.78 is 5.40. The van der Waals surface area contributed by atoms with Gasteiger partial charge in [-0.25, -0.2) is 0 Å². The Labute approximate surface area is 136 Å². The van der Waals surface area contributed by atoms with Crippen molar-refractivity contribution in [3.05, 3.63) is 59.1 Å². The highest BCUT2D eigenvalue weighted by molar-refractivity contribution is 6.30. The number of halogens is 1. The second-order valence-corrected chi connectivity index (χ2v) is 5.66. The third-order valence-corrected chi connectivity index (χ3v) is 3.78. The number of carbonyl (C=O) groups is 1. The van der Waals surface area contributed by atoms with Gasteiger partial charge >= 0.3 is 0 Å². The van der Waals surface area contributed by atoms with Gasteiger partial charge in [-0.2, -0.15) is 0 Å². The van der Waals surface area contributed by atoms with Crippen LogP contribution in [0.5, 0.6) is 5.75 Å². The molecule has 0 aromatic heterocycles. The van der Waals surface area contributed by atoms with Gasteiger partial charge in [0.05, 0.1) is 0 Å². The van der Waals surface area contributed by atoms with E-state index in [4.69, 9.17) is 16.3 Å². The molecule has 0 aliphatic heterocycles. The van der Waals surface area contributed by atoms with E-state index in [1.807, 2.05) is 24.3 Å². The Hall–Kier alpha value is -2.00. The van der Waals surface area contributed by atoms with Gasteiger partial charge in [0.1, 0.15) is 5.75 Å². The molecule has 1 N–H and O–H groups in total. The minimum Gasteiger partial charge on any atom is -0.484 e. The van der Waals surface area contributed by atoms with Crippen LogP contribution in [0.25, 0.3) is 0 Å². The molecule has 22 heavy (non-hydrogen) atoms. The summed E-state index contributed by atoms with van der Waals surface area (Å²) in [7, 11) is 0. The molecule has 0 bridgehead atoms. The molecular weight excluding hydrogens is 298 g/mol. The zero-order chi connectivity index (χ0) is 15.9. The molecule has 3 nitrogen and oxygen atoms in total. The molecule has 0 saturated carbocycles. The molecule has 0 aliphatic rings. The minimum absolute atomic E-state index is 0.0482. The highest BCUT2D eigenvalue weighted by Gasteiger charge is 2.06. The van der Waals surface area contributed by atoms with Crippen LogP contribution in [-0.2, 0) is 4.79 Å². The van der Waals surface area contributed by atoms with Crippen molar-refractivity contribution in [1.29, 1.82) is 0 Å². The molecular formula is C18H20ClNO2. The van der Waals surface area contributed by atoms with Crippen LogP contribution in [-0.4, -0.2) is 12.5 Å².